The second-order valence-electron chi connectivity index (χ2n) is 5.72. The molecule has 28 heavy (non-hydrogen) atoms. The number of pyridine rings is 1. The largest absolute Gasteiger partial charge is 0.853 e. The van der Waals surface area contributed by atoms with Crippen molar-refractivity contribution in [3.63, 3.8) is 0 Å². The minimum absolute atomic E-state index is 0.0691. The molecule has 12 heteroatoms. The smallest absolute Gasteiger partial charge is 0.460 e. The maximum atomic E-state index is 13.3. The summed E-state index contributed by atoms with van der Waals surface area (Å²) < 4.78 is 93.7. The Balaban J connectivity index is 2.95. The number of hydrogen-bond donors (Lipinski definition) is 0. The number of nitrogens with zero attached hydrogens (tertiary/aromatic N) is 2. The van der Waals surface area contributed by atoms with Crippen molar-refractivity contribution < 1.29 is 50.0 Å². The van der Waals surface area contributed by atoms with E-state index in [1.807, 2.05) is 6.92 Å². The van der Waals surface area contributed by atoms with E-state index >= 15 is 0 Å². The molecule has 0 aromatic carbocycles. The number of halogens is 7. The molecule has 0 aliphatic rings. The van der Waals surface area contributed by atoms with Crippen LogP contribution in [0.25, 0.3) is 0 Å². The number of hydrogen-bond acceptors (Lipinski definition) is 4. The molecule has 0 aliphatic carbocycles. The molecule has 0 fully saturated rings. The van der Waals surface area contributed by atoms with Gasteiger partial charge in [0, 0.05) is 6.07 Å². The lowest BCUT2D eigenvalue weighted by Gasteiger charge is -2.29. The highest BCUT2D eigenvalue weighted by Gasteiger charge is 2.73. The standard InChI is InChI=1S/C16H17F7N2O3/c1-2-3-4-5-9-28-12(26)11-7-6-8-25(10-11)24-13(27)14(17,18)15(19,20)16(21,22)23/h6-8,10H,2-5,9H2,1H3. The van der Waals surface area contributed by atoms with Crippen molar-refractivity contribution in [1.29, 1.82) is 0 Å². The number of ether oxygens (including phenoxy) is 1. The highest BCUT2D eigenvalue weighted by atomic mass is 19.4. The lowest BCUT2D eigenvalue weighted by Crippen LogP contribution is -2.60. The average molecular weight is 418 g/mol. The molecule has 0 N–H and O–H groups in total. The summed E-state index contributed by atoms with van der Waals surface area (Å²) in [6.45, 7) is 2.05. The molecule has 1 heterocycles. The van der Waals surface area contributed by atoms with Crippen molar-refractivity contribution in [3.05, 3.63) is 30.1 Å². The van der Waals surface area contributed by atoms with Crippen LogP contribution < -0.4 is 9.78 Å². The summed E-state index contributed by atoms with van der Waals surface area (Å²) in [6, 6.07) is 2.21. The summed E-state index contributed by atoms with van der Waals surface area (Å²) in [4.78, 5) is 11.8. The minimum Gasteiger partial charge on any atom is -0.853 e. The van der Waals surface area contributed by atoms with Crippen LogP contribution in [-0.4, -0.2) is 36.5 Å². The minimum atomic E-state index is -6.66. The van der Waals surface area contributed by atoms with Crippen molar-refractivity contribution in [3.8, 4) is 0 Å². The Hall–Kier alpha value is -2.40. The van der Waals surface area contributed by atoms with E-state index in [0.717, 1.165) is 37.6 Å². The van der Waals surface area contributed by atoms with Gasteiger partial charge in [-0.3, -0.25) is 0 Å². The van der Waals surface area contributed by atoms with Crippen molar-refractivity contribution in [2.24, 2.45) is 5.10 Å². The molecule has 0 spiro atoms. The molecule has 0 saturated heterocycles. The topological polar surface area (TPSA) is 65.6 Å². The van der Waals surface area contributed by atoms with Gasteiger partial charge < -0.3 is 9.84 Å². The van der Waals surface area contributed by atoms with Gasteiger partial charge in [-0.05, 0) is 17.6 Å². The van der Waals surface area contributed by atoms with Crippen LogP contribution in [0.4, 0.5) is 30.7 Å². The number of aromatic nitrogens is 1. The normalized spacial score (nSPS) is 13.5. The lowest BCUT2D eigenvalue weighted by molar-refractivity contribution is -0.682. The van der Waals surface area contributed by atoms with E-state index in [2.05, 4.69) is 5.10 Å². The van der Waals surface area contributed by atoms with Crippen LogP contribution in [0.15, 0.2) is 29.6 Å². The van der Waals surface area contributed by atoms with Crippen LogP contribution in [0, 0.1) is 0 Å². The molecule has 0 amide bonds. The summed E-state index contributed by atoms with van der Waals surface area (Å²) in [5.41, 5.74) is -0.263. The molecule has 1 rings (SSSR count). The third-order valence-electron chi connectivity index (χ3n) is 3.48. The number of carbonyl (C=O) groups excluding carboxylic acids is 1. The molecule has 0 unspecified atom stereocenters. The fourth-order valence-electron chi connectivity index (χ4n) is 1.90. The van der Waals surface area contributed by atoms with Gasteiger partial charge in [-0.2, -0.15) is 30.7 Å². The first-order chi connectivity index (χ1) is 12.8. The van der Waals surface area contributed by atoms with Gasteiger partial charge in [0.25, 0.3) is 0 Å². The molecule has 1 aromatic heterocycles. The van der Waals surface area contributed by atoms with E-state index in [9.17, 15) is 40.6 Å². The third kappa shape index (κ3) is 5.55. The maximum absolute atomic E-state index is 13.3. The number of alkyl halides is 7. The number of rotatable bonds is 9. The summed E-state index contributed by atoms with van der Waals surface area (Å²) in [7, 11) is 0. The van der Waals surface area contributed by atoms with E-state index in [-0.39, 0.29) is 16.8 Å². The fourth-order valence-corrected chi connectivity index (χ4v) is 1.90. The quantitative estimate of drug-likeness (QED) is 0.155. The molecule has 0 bridgehead atoms. The molecule has 0 atom stereocenters. The first-order valence-corrected chi connectivity index (χ1v) is 8.12. The van der Waals surface area contributed by atoms with Crippen LogP contribution in [0.5, 0.6) is 0 Å². The first kappa shape index (κ1) is 23.6. The van der Waals surface area contributed by atoms with Crippen LogP contribution in [0.1, 0.15) is 43.0 Å². The maximum Gasteiger partial charge on any atom is 0.460 e. The van der Waals surface area contributed by atoms with Gasteiger partial charge in [0.15, 0.2) is 0 Å². The van der Waals surface area contributed by atoms with Crippen molar-refractivity contribution >= 4 is 11.9 Å². The van der Waals surface area contributed by atoms with E-state index in [1.165, 1.54) is 0 Å². The van der Waals surface area contributed by atoms with Crippen LogP contribution >= 0.6 is 0 Å². The molecule has 0 aliphatic heterocycles. The number of unbranched alkanes of at least 4 members (excludes halogenated alkanes) is 3. The predicted octanol–water partition coefficient (Wildman–Crippen LogP) is 3.07. The first-order valence-electron chi connectivity index (χ1n) is 8.12. The third-order valence-corrected chi connectivity index (χ3v) is 3.48. The van der Waals surface area contributed by atoms with Gasteiger partial charge in [0.05, 0.1) is 6.61 Å². The monoisotopic (exact) mass is 418 g/mol. The predicted molar refractivity (Wildman–Crippen MR) is 79.8 cm³/mol. The molecule has 158 valence electrons. The Morgan fingerprint density at radius 3 is 2.36 bits per heavy atom. The van der Waals surface area contributed by atoms with Crippen LogP contribution in [-0.2, 0) is 4.74 Å². The van der Waals surface area contributed by atoms with E-state index in [1.54, 1.807) is 0 Å². The highest BCUT2D eigenvalue weighted by Crippen LogP contribution is 2.46. The number of carbonyl (C=O) groups is 1. The molecular weight excluding hydrogens is 401 g/mol. The Morgan fingerprint density at radius 1 is 1.14 bits per heavy atom. The van der Waals surface area contributed by atoms with E-state index < -0.39 is 29.9 Å². The van der Waals surface area contributed by atoms with Crippen LogP contribution in [0.3, 0.4) is 0 Å². The molecule has 1 aromatic rings. The zero-order valence-electron chi connectivity index (χ0n) is 14.6. The lowest BCUT2D eigenvalue weighted by atomic mass is 10.1. The van der Waals surface area contributed by atoms with Gasteiger partial charge in [-0.25, -0.2) is 4.79 Å². The molecule has 0 saturated carbocycles. The summed E-state index contributed by atoms with van der Waals surface area (Å²) in [5, 5.41) is 13.8. The zero-order valence-corrected chi connectivity index (χ0v) is 14.6. The second-order valence-corrected chi connectivity index (χ2v) is 5.72. The molecular formula is C16H17F7N2O3. The second kappa shape index (κ2) is 9.20. The number of esters is 1. The summed E-state index contributed by atoms with van der Waals surface area (Å²) in [5.74, 6) is -16.7. The van der Waals surface area contributed by atoms with E-state index in [0.29, 0.717) is 12.6 Å². The van der Waals surface area contributed by atoms with Gasteiger partial charge in [0.2, 0.25) is 12.4 Å². The molecule has 0 radical (unpaired) electrons. The summed E-state index contributed by atoms with van der Waals surface area (Å²) >= 11 is 0. The average Bonchev–Trinajstić information content (AvgIpc) is 2.60. The van der Waals surface area contributed by atoms with Gasteiger partial charge in [0.1, 0.15) is 11.5 Å². The summed E-state index contributed by atoms with van der Waals surface area (Å²) in [6.07, 6.45) is -1.89. The van der Waals surface area contributed by atoms with Crippen LogP contribution in [0.2, 0.25) is 0 Å². The SMILES string of the molecule is CCCCCCOC(=O)c1ccc[n+](/N=C(/[O-])C(F)(F)C(F)(F)C(F)(F)F)c1. The Bertz CT molecular complexity index is 706. The van der Waals surface area contributed by atoms with Crippen molar-refractivity contribution in [2.45, 2.75) is 50.6 Å². The van der Waals surface area contributed by atoms with Gasteiger partial charge >= 0.3 is 24.0 Å². The van der Waals surface area contributed by atoms with Gasteiger partial charge in [-0.15, -0.1) is 0 Å². The fraction of sp³-hybridized carbons (Fsp3) is 0.562. The Morgan fingerprint density at radius 2 is 1.79 bits per heavy atom. The zero-order chi connectivity index (χ0) is 21.6. The van der Waals surface area contributed by atoms with E-state index in [4.69, 9.17) is 4.74 Å². The Labute approximate surface area is 155 Å². The van der Waals surface area contributed by atoms with Crippen molar-refractivity contribution in [1.82, 2.24) is 0 Å². The Kier molecular flexibility index (Phi) is 7.76. The van der Waals surface area contributed by atoms with Gasteiger partial charge in [-0.1, -0.05) is 30.9 Å². The highest BCUT2D eigenvalue weighted by molar-refractivity contribution is 5.88. The van der Waals surface area contributed by atoms with Crippen molar-refractivity contribution in [2.75, 3.05) is 6.61 Å². The molecule has 5 nitrogen and oxygen atoms in total.